The summed E-state index contributed by atoms with van der Waals surface area (Å²) in [6.45, 7) is 0.352. The van der Waals surface area contributed by atoms with Crippen molar-refractivity contribution in [3.8, 4) is 5.75 Å². The van der Waals surface area contributed by atoms with E-state index in [1.807, 2.05) is 6.07 Å². The molecule has 37 heavy (non-hydrogen) atoms. The van der Waals surface area contributed by atoms with Gasteiger partial charge in [0.15, 0.2) is 12.6 Å². The summed E-state index contributed by atoms with van der Waals surface area (Å²) in [5.41, 5.74) is 8.54. The number of nitrogens with zero attached hydrogens (tertiary/aromatic N) is 3. The van der Waals surface area contributed by atoms with Crippen LogP contribution in [0.5, 0.6) is 5.75 Å². The van der Waals surface area contributed by atoms with Crippen LogP contribution < -0.4 is 10.1 Å². The number of hydrogen-bond acceptors (Lipinski definition) is 12. The van der Waals surface area contributed by atoms with Crippen molar-refractivity contribution in [2.24, 2.45) is 5.11 Å². The summed E-state index contributed by atoms with van der Waals surface area (Å²) in [6, 6.07) is 7.83. The predicted octanol–water partition coefficient (Wildman–Crippen LogP) is -1.83. The number of carbonyl (C=O) groups is 1. The van der Waals surface area contributed by atoms with Gasteiger partial charge in [-0.1, -0.05) is 23.3 Å². The molecule has 1 amide bonds. The Morgan fingerprint density at radius 2 is 1.73 bits per heavy atom. The standard InChI is InChI=1S/C22H32N4O11/c1-11(28)25-15-17(30)20(37-22-19(32)18(31)16(29)13(35-22)9-24-26-23)14(10-27)36-21(15)34-8-7-33-12-5-3-2-4-6-12/h2-6,13-22,27,29-32H,7-10H2,1H3,(H,25,28)/t13-,14-,15-,16+,17-,18+,19-,20?,21-,22+/m1/s1. The number of benzene rings is 1. The van der Waals surface area contributed by atoms with Crippen molar-refractivity contribution < 1.29 is 54.0 Å². The minimum absolute atomic E-state index is 0.0155. The third-order valence-electron chi connectivity index (χ3n) is 5.88. The first kappa shape index (κ1) is 29.0. The second kappa shape index (κ2) is 13.8. The van der Waals surface area contributed by atoms with Gasteiger partial charge in [-0.3, -0.25) is 4.79 Å². The van der Waals surface area contributed by atoms with Crippen molar-refractivity contribution in [2.45, 2.75) is 68.3 Å². The van der Waals surface area contributed by atoms with Gasteiger partial charge in [0, 0.05) is 11.8 Å². The van der Waals surface area contributed by atoms with Gasteiger partial charge < -0.3 is 54.5 Å². The number of hydrogen-bond donors (Lipinski definition) is 6. The highest BCUT2D eigenvalue weighted by molar-refractivity contribution is 5.73. The second-order valence-electron chi connectivity index (χ2n) is 8.50. The molecule has 2 saturated heterocycles. The van der Waals surface area contributed by atoms with Crippen LogP contribution in [0.3, 0.4) is 0 Å². The van der Waals surface area contributed by atoms with E-state index in [0.29, 0.717) is 5.75 Å². The van der Waals surface area contributed by atoms with Crippen molar-refractivity contribution in [3.05, 3.63) is 40.8 Å². The van der Waals surface area contributed by atoms with Crippen LogP contribution in [0.15, 0.2) is 35.4 Å². The average Bonchev–Trinajstić information content (AvgIpc) is 2.89. The van der Waals surface area contributed by atoms with Crippen molar-refractivity contribution in [1.82, 2.24) is 5.32 Å². The SMILES string of the molecule is CC(=O)N[C@H]1[C@H](OCCOc2ccccc2)O[C@H](CO)C(O[C@@H]2O[C@H](CN=[N+]=[N-])[C@H](O)[C@H](O)[C@H]2O)[C@@H]1O. The predicted molar refractivity (Wildman–Crippen MR) is 123 cm³/mol. The Balaban J connectivity index is 1.69. The number of aliphatic hydroxyl groups is 5. The highest BCUT2D eigenvalue weighted by Crippen LogP contribution is 2.30. The summed E-state index contributed by atoms with van der Waals surface area (Å²) < 4.78 is 28.2. The van der Waals surface area contributed by atoms with Crippen molar-refractivity contribution in [3.63, 3.8) is 0 Å². The molecule has 3 rings (SSSR count). The fourth-order valence-electron chi connectivity index (χ4n) is 4.06. The second-order valence-corrected chi connectivity index (χ2v) is 8.50. The Morgan fingerprint density at radius 3 is 2.38 bits per heavy atom. The van der Waals surface area contributed by atoms with Crippen LogP contribution in [-0.4, -0.2) is 119 Å². The van der Waals surface area contributed by atoms with E-state index in [1.165, 1.54) is 6.92 Å². The molecule has 2 aliphatic heterocycles. The van der Waals surface area contributed by atoms with E-state index < -0.39 is 73.9 Å². The average molecular weight is 529 g/mol. The van der Waals surface area contributed by atoms with Crippen LogP contribution in [0.2, 0.25) is 0 Å². The molecule has 1 aromatic carbocycles. The summed E-state index contributed by atoms with van der Waals surface area (Å²) in [6.07, 6.45) is -13.2. The molecule has 0 spiro atoms. The molecular weight excluding hydrogens is 496 g/mol. The molecule has 0 radical (unpaired) electrons. The molecule has 2 fully saturated rings. The normalized spacial score (nSPS) is 35.8. The van der Waals surface area contributed by atoms with Crippen LogP contribution in [0, 0.1) is 0 Å². The van der Waals surface area contributed by atoms with Crippen LogP contribution in [0.4, 0.5) is 0 Å². The number of carbonyl (C=O) groups excluding carboxylic acids is 1. The molecule has 0 aromatic heterocycles. The van der Waals surface area contributed by atoms with E-state index in [2.05, 4.69) is 15.3 Å². The molecule has 0 saturated carbocycles. The third-order valence-corrected chi connectivity index (χ3v) is 5.88. The number of para-hydroxylation sites is 1. The van der Waals surface area contributed by atoms with Crippen molar-refractivity contribution in [2.75, 3.05) is 26.4 Å². The van der Waals surface area contributed by atoms with Gasteiger partial charge in [0.25, 0.3) is 0 Å². The lowest BCUT2D eigenvalue weighted by atomic mass is 9.95. The lowest BCUT2D eigenvalue weighted by molar-refractivity contribution is -0.345. The number of nitrogens with one attached hydrogen (secondary N) is 1. The number of aliphatic hydroxyl groups excluding tert-OH is 5. The highest BCUT2D eigenvalue weighted by atomic mass is 16.7. The van der Waals surface area contributed by atoms with Gasteiger partial charge in [0.2, 0.25) is 5.91 Å². The zero-order valence-electron chi connectivity index (χ0n) is 20.0. The smallest absolute Gasteiger partial charge is 0.217 e. The van der Waals surface area contributed by atoms with Crippen molar-refractivity contribution in [1.29, 1.82) is 0 Å². The molecule has 10 atom stereocenters. The molecule has 0 bridgehead atoms. The number of amides is 1. The highest BCUT2D eigenvalue weighted by Gasteiger charge is 2.51. The van der Waals surface area contributed by atoms with Crippen LogP contribution >= 0.6 is 0 Å². The quantitative estimate of drug-likeness (QED) is 0.0810. The van der Waals surface area contributed by atoms with E-state index in [0.717, 1.165) is 0 Å². The van der Waals surface area contributed by atoms with Crippen LogP contribution in [0.1, 0.15) is 6.92 Å². The molecule has 15 nitrogen and oxygen atoms in total. The van der Waals surface area contributed by atoms with Gasteiger partial charge in [0.1, 0.15) is 55.0 Å². The van der Waals surface area contributed by atoms with Gasteiger partial charge in [0.05, 0.1) is 25.9 Å². The zero-order chi connectivity index (χ0) is 26.9. The van der Waals surface area contributed by atoms with Gasteiger partial charge >= 0.3 is 0 Å². The fourth-order valence-corrected chi connectivity index (χ4v) is 4.06. The maximum atomic E-state index is 11.8. The Kier molecular flexibility index (Phi) is 10.8. The summed E-state index contributed by atoms with van der Waals surface area (Å²) in [4.78, 5) is 14.4. The number of ether oxygens (including phenoxy) is 5. The summed E-state index contributed by atoms with van der Waals surface area (Å²) in [5, 5.41) is 57.5. The maximum Gasteiger partial charge on any atom is 0.217 e. The van der Waals surface area contributed by atoms with Gasteiger partial charge in [-0.25, -0.2) is 0 Å². The Morgan fingerprint density at radius 1 is 1.03 bits per heavy atom. The van der Waals surface area contributed by atoms with Gasteiger partial charge in [-0.05, 0) is 17.7 Å². The molecule has 6 N–H and O–H groups in total. The third kappa shape index (κ3) is 7.49. The Hall–Kier alpha value is -2.56. The fraction of sp³-hybridized carbons (Fsp3) is 0.682. The van der Waals surface area contributed by atoms with E-state index in [-0.39, 0.29) is 19.8 Å². The summed E-state index contributed by atoms with van der Waals surface area (Å²) in [5.74, 6) is 0.109. The first-order chi connectivity index (χ1) is 17.8. The van der Waals surface area contributed by atoms with E-state index in [4.69, 9.17) is 29.2 Å². The zero-order valence-corrected chi connectivity index (χ0v) is 20.0. The minimum atomic E-state index is -1.76. The lowest BCUT2D eigenvalue weighted by Crippen LogP contribution is -2.67. The number of azide groups is 1. The molecular formula is C22H32N4O11. The first-order valence-electron chi connectivity index (χ1n) is 11.6. The summed E-state index contributed by atoms with van der Waals surface area (Å²) >= 11 is 0. The summed E-state index contributed by atoms with van der Waals surface area (Å²) in [7, 11) is 0. The first-order valence-corrected chi connectivity index (χ1v) is 11.6. The van der Waals surface area contributed by atoms with E-state index in [9.17, 15) is 30.3 Å². The lowest BCUT2D eigenvalue weighted by Gasteiger charge is -2.47. The van der Waals surface area contributed by atoms with Gasteiger partial charge in [-0.15, -0.1) is 0 Å². The van der Waals surface area contributed by atoms with Crippen molar-refractivity contribution >= 4 is 5.91 Å². The molecule has 2 aliphatic rings. The topological polar surface area (TPSA) is 225 Å². The maximum absolute atomic E-state index is 11.8. The molecule has 1 aromatic rings. The molecule has 0 aliphatic carbocycles. The number of rotatable bonds is 11. The monoisotopic (exact) mass is 528 g/mol. The molecule has 206 valence electrons. The largest absolute Gasteiger partial charge is 0.491 e. The Labute approximate surface area is 212 Å². The Bertz CT molecular complexity index is 906. The molecule has 15 heteroatoms. The molecule has 1 unspecified atom stereocenters. The van der Waals surface area contributed by atoms with E-state index in [1.54, 1.807) is 24.3 Å². The van der Waals surface area contributed by atoms with Crippen LogP contribution in [-0.2, 0) is 23.7 Å². The van der Waals surface area contributed by atoms with E-state index >= 15 is 0 Å². The van der Waals surface area contributed by atoms with Crippen LogP contribution in [0.25, 0.3) is 10.4 Å². The minimum Gasteiger partial charge on any atom is -0.491 e. The van der Waals surface area contributed by atoms with Gasteiger partial charge in [-0.2, -0.15) is 0 Å². The molecule has 2 heterocycles.